The van der Waals surface area contributed by atoms with Gasteiger partial charge in [-0.25, -0.2) is 14.8 Å². The highest BCUT2D eigenvalue weighted by molar-refractivity contribution is 5.68. The molecule has 3 N–H and O–H groups in total. The first-order valence-corrected chi connectivity index (χ1v) is 13.1. The van der Waals surface area contributed by atoms with Crippen molar-refractivity contribution in [1.82, 2.24) is 15.3 Å². The van der Waals surface area contributed by atoms with Crippen LogP contribution in [-0.2, 0) is 10.2 Å². The van der Waals surface area contributed by atoms with Gasteiger partial charge in [-0.05, 0) is 89.8 Å². The zero-order valence-corrected chi connectivity index (χ0v) is 22.3. The van der Waals surface area contributed by atoms with Gasteiger partial charge in [-0.3, -0.25) is 0 Å². The van der Waals surface area contributed by atoms with Crippen molar-refractivity contribution in [3.05, 3.63) is 41.7 Å². The van der Waals surface area contributed by atoms with E-state index >= 15 is 0 Å². The van der Waals surface area contributed by atoms with Crippen LogP contribution >= 0.6 is 0 Å². The lowest BCUT2D eigenvalue weighted by Gasteiger charge is -2.37. The molecule has 198 valence electrons. The number of amides is 1. The lowest BCUT2D eigenvalue weighted by atomic mass is 9.68. The van der Waals surface area contributed by atoms with E-state index in [1.807, 2.05) is 26.8 Å². The third-order valence-electron chi connectivity index (χ3n) is 6.99. The number of rotatable bonds is 5. The first kappa shape index (κ1) is 26.6. The standard InChI is InChI=1S/C29H38N4O4/c1-28(2,3)37-27(34)33-22-12-15-29(16-13-22,14-11-20-18-31-26(30)32-19-20)21-9-10-24(35-4)25(17-21)36-23-7-5-6-8-23/h9-10,17-19,22-23H,5-8,12-13,15-16H2,1-4H3,(H,33,34)(H2,30,31,32). The summed E-state index contributed by atoms with van der Waals surface area (Å²) >= 11 is 0. The van der Waals surface area contributed by atoms with Gasteiger partial charge in [0.15, 0.2) is 11.5 Å². The van der Waals surface area contributed by atoms with Gasteiger partial charge in [-0.2, -0.15) is 0 Å². The van der Waals surface area contributed by atoms with Gasteiger partial charge in [0.2, 0.25) is 5.95 Å². The van der Waals surface area contributed by atoms with Crippen molar-refractivity contribution in [3.63, 3.8) is 0 Å². The van der Waals surface area contributed by atoms with E-state index in [0.717, 1.165) is 55.6 Å². The first-order valence-electron chi connectivity index (χ1n) is 13.1. The topological polar surface area (TPSA) is 109 Å². The molecule has 0 atom stereocenters. The van der Waals surface area contributed by atoms with Crippen LogP contribution in [0.2, 0.25) is 0 Å². The number of nitrogen functional groups attached to an aromatic ring is 1. The second kappa shape index (κ2) is 11.3. The van der Waals surface area contributed by atoms with Crippen LogP contribution in [0.5, 0.6) is 11.5 Å². The number of nitrogens with zero attached hydrogens (tertiary/aromatic N) is 2. The maximum Gasteiger partial charge on any atom is 0.407 e. The number of carbonyl (C=O) groups is 1. The number of anilines is 1. The van der Waals surface area contributed by atoms with Crippen molar-refractivity contribution in [2.24, 2.45) is 0 Å². The van der Waals surface area contributed by atoms with Crippen LogP contribution in [0.1, 0.15) is 83.3 Å². The number of methoxy groups -OCH3 is 1. The summed E-state index contributed by atoms with van der Waals surface area (Å²) in [5.74, 6) is 8.53. The zero-order chi connectivity index (χ0) is 26.5. The van der Waals surface area contributed by atoms with Crippen LogP contribution in [0.15, 0.2) is 30.6 Å². The van der Waals surface area contributed by atoms with Crippen molar-refractivity contribution in [3.8, 4) is 23.3 Å². The first-order chi connectivity index (χ1) is 17.7. The molecule has 1 amide bonds. The van der Waals surface area contributed by atoms with Crippen LogP contribution in [0, 0.1) is 11.8 Å². The molecule has 1 heterocycles. The van der Waals surface area contributed by atoms with Crippen LogP contribution < -0.4 is 20.5 Å². The van der Waals surface area contributed by atoms with Gasteiger partial charge in [0, 0.05) is 18.4 Å². The van der Waals surface area contributed by atoms with Gasteiger partial charge < -0.3 is 25.3 Å². The predicted molar refractivity (Wildman–Crippen MR) is 143 cm³/mol. The molecule has 2 fully saturated rings. The van der Waals surface area contributed by atoms with E-state index in [-0.39, 0.29) is 24.2 Å². The molecule has 2 aliphatic carbocycles. The summed E-state index contributed by atoms with van der Waals surface area (Å²) in [5, 5.41) is 3.03. The van der Waals surface area contributed by atoms with Crippen LogP contribution in [0.4, 0.5) is 10.7 Å². The molecule has 4 rings (SSSR count). The maximum absolute atomic E-state index is 12.4. The number of benzene rings is 1. The average Bonchev–Trinajstić information content (AvgIpc) is 3.37. The fourth-order valence-corrected chi connectivity index (χ4v) is 5.06. The van der Waals surface area contributed by atoms with E-state index in [2.05, 4.69) is 39.3 Å². The smallest absolute Gasteiger partial charge is 0.407 e. The summed E-state index contributed by atoms with van der Waals surface area (Å²) in [5.41, 5.74) is 6.48. The number of aromatic nitrogens is 2. The minimum atomic E-state index is -0.534. The Balaban J connectivity index is 1.60. The second-order valence-electron chi connectivity index (χ2n) is 11.0. The molecule has 0 aliphatic heterocycles. The number of alkyl carbamates (subject to hydrolysis) is 1. The van der Waals surface area contributed by atoms with Crippen molar-refractivity contribution in [1.29, 1.82) is 0 Å². The normalized spacial score (nSPS) is 22.0. The van der Waals surface area contributed by atoms with Crippen LogP contribution in [0.3, 0.4) is 0 Å². The molecular formula is C29H38N4O4. The monoisotopic (exact) mass is 506 g/mol. The summed E-state index contributed by atoms with van der Waals surface area (Å²) in [6.45, 7) is 5.59. The molecule has 0 spiro atoms. The van der Waals surface area contributed by atoms with Crippen molar-refractivity contribution in [2.75, 3.05) is 12.8 Å². The van der Waals surface area contributed by atoms with Gasteiger partial charge in [0.1, 0.15) is 5.60 Å². The van der Waals surface area contributed by atoms with Crippen LogP contribution in [-0.4, -0.2) is 40.9 Å². The molecule has 1 aromatic heterocycles. The third kappa shape index (κ3) is 7.06. The number of carbonyl (C=O) groups excluding carboxylic acids is 1. The summed E-state index contributed by atoms with van der Waals surface area (Å²) in [4.78, 5) is 20.5. The molecule has 0 unspecified atom stereocenters. The minimum Gasteiger partial charge on any atom is -0.493 e. The molecule has 8 nitrogen and oxygen atoms in total. The summed E-state index contributed by atoms with van der Waals surface area (Å²) in [6.07, 6.45) is 10.7. The molecule has 1 aromatic carbocycles. The van der Waals surface area contributed by atoms with Gasteiger partial charge in [-0.15, -0.1) is 0 Å². The Morgan fingerprint density at radius 3 is 2.38 bits per heavy atom. The van der Waals surface area contributed by atoms with Crippen LogP contribution in [0.25, 0.3) is 0 Å². The predicted octanol–water partition coefficient (Wildman–Crippen LogP) is 5.15. The molecule has 2 saturated carbocycles. The Bertz CT molecular complexity index is 1130. The van der Waals surface area contributed by atoms with E-state index in [1.165, 1.54) is 12.8 Å². The Hall–Kier alpha value is -3.47. The number of hydrogen-bond acceptors (Lipinski definition) is 7. The van der Waals surface area contributed by atoms with E-state index in [1.54, 1.807) is 19.5 Å². The molecule has 0 saturated heterocycles. The zero-order valence-electron chi connectivity index (χ0n) is 22.3. The fraction of sp³-hybridized carbons (Fsp3) is 0.552. The van der Waals surface area contributed by atoms with E-state index in [9.17, 15) is 4.79 Å². The Labute approximate surface area is 219 Å². The molecule has 8 heteroatoms. The van der Waals surface area contributed by atoms with Gasteiger partial charge in [0.25, 0.3) is 0 Å². The minimum absolute atomic E-state index is 0.0251. The lowest BCUT2D eigenvalue weighted by molar-refractivity contribution is 0.0487. The lowest BCUT2D eigenvalue weighted by Crippen LogP contribution is -2.43. The Morgan fingerprint density at radius 1 is 1.08 bits per heavy atom. The highest BCUT2D eigenvalue weighted by atomic mass is 16.6. The molecule has 0 bridgehead atoms. The Kier molecular flexibility index (Phi) is 8.11. The molecule has 0 radical (unpaired) electrons. The summed E-state index contributed by atoms with van der Waals surface area (Å²) in [6, 6.07) is 6.17. The molecule has 37 heavy (non-hydrogen) atoms. The largest absolute Gasteiger partial charge is 0.493 e. The van der Waals surface area contributed by atoms with Gasteiger partial charge in [0.05, 0.1) is 24.2 Å². The summed E-state index contributed by atoms with van der Waals surface area (Å²) < 4.78 is 17.5. The quantitative estimate of drug-likeness (QED) is 0.540. The van der Waals surface area contributed by atoms with E-state index < -0.39 is 11.0 Å². The molecule has 2 aliphatic rings. The highest BCUT2D eigenvalue weighted by Crippen LogP contribution is 2.43. The number of hydrogen-bond donors (Lipinski definition) is 2. The number of nitrogens with two attached hydrogens (primary N) is 1. The number of nitrogens with one attached hydrogen (secondary N) is 1. The van der Waals surface area contributed by atoms with Gasteiger partial charge >= 0.3 is 6.09 Å². The van der Waals surface area contributed by atoms with Crippen molar-refractivity contribution < 1.29 is 19.0 Å². The number of ether oxygens (including phenoxy) is 3. The second-order valence-corrected chi connectivity index (χ2v) is 11.0. The highest BCUT2D eigenvalue weighted by Gasteiger charge is 2.37. The summed E-state index contributed by atoms with van der Waals surface area (Å²) in [7, 11) is 1.67. The average molecular weight is 507 g/mol. The fourth-order valence-electron chi connectivity index (χ4n) is 5.06. The molecular weight excluding hydrogens is 468 g/mol. The van der Waals surface area contributed by atoms with E-state index in [0.29, 0.717) is 5.56 Å². The van der Waals surface area contributed by atoms with Crippen molar-refractivity contribution >= 4 is 12.0 Å². The Morgan fingerprint density at radius 2 is 1.76 bits per heavy atom. The van der Waals surface area contributed by atoms with Gasteiger partial charge in [-0.1, -0.05) is 17.9 Å². The maximum atomic E-state index is 12.4. The SMILES string of the molecule is COc1ccc(C2(C#Cc3cnc(N)nc3)CCC(NC(=O)OC(C)(C)C)CC2)cc1OC1CCCC1. The third-order valence-corrected chi connectivity index (χ3v) is 6.99. The molecule has 2 aromatic rings. The van der Waals surface area contributed by atoms with E-state index in [4.69, 9.17) is 19.9 Å². The van der Waals surface area contributed by atoms with Crippen molar-refractivity contribution in [2.45, 2.75) is 95.3 Å².